The van der Waals surface area contributed by atoms with E-state index < -0.39 is 4.92 Å². The fourth-order valence-corrected chi connectivity index (χ4v) is 1.85. The van der Waals surface area contributed by atoms with Gasteiger partial charge in [-0.2, -0.15) is 0 Å². The van der Waals surface area contributed by atoms with Crippen LogP contribution in [0.4, 0.5) is 11.4 Å². The predicted molar refractivity (Wildman–Crippen MR) is 74.0 cm³/mol. The van der Waals surface area contributed by atoms with Crippen molar-refractivity contribution in [3.63, 3.8) is 0 Å². The molecule has 0 aromatic heterocycles. The van der Waals surface area contributed by atoms with Gasteiger partial charge in [0.1, 0.15) is 5.02 Å². The maximum absolute atomic E-state index is 10.7. The number of rotatable bonds is 5. The number of halogens is 1. The van der Waals surface area contributed by atoms with Gasteiger partial charge in [-0.15, -0.1) is 12.3 Å². The van der Waals surface area contributed by atoms with E-state index in [1.807, 2.05) is 6.92 Å². The molecule has 1 aromatic carbocycles. The molecule has 5 heteroatoms. The standard InChI is InChI=1S/C13H15ClN2O2/c1-4-6-10(5-2)15-12-8-11(14)13(16(17)18)7-9(12)3/h1,7-8,10,15H,5-6H2,2-3H3. The largest absolute Gasteiger partial charge is 0.381 e. The summed E-state index contributed by atoms with van der Waals surface area (Å²) in [5.74, 6) is 2.60. The van der Waals surface area contributed by atoms with E-state index >= 15 is 0 Å². The number of anilines is 1. The van der Waals surface area contributed by atoms with Gasteiger partial charge in [0.15, 0.2) is 0 Å². The molecular formula is C13H15ClN2O2. The van der Waals surface area contributed by atoms with Crippen LogP contribution in [0.1, 0.15) is 25.3 Å². The van der Waals surface area contributed by atoms with Gasteiger partial charge in [-0.05, 0) is 25.0 Å². The molecule has 1 rings (SSSR count). The second kappa shape index (κ2) is 6.27. The molecule has 0 radical (unpaired) electrons. The van der Waals surface area contributed by atoms with Crippen molar-refractivity contribution in [2.45, 2.75) is 32.7 Å². The fourth-order valence-electron chi connectivity index (χ4n) is 1.62. The highest BCUT2D eigenvalue weighted by Gasteiger charge is 2.16. The number of nitrogens with one attached hydrogen (secondary N) is 1. The van der Waals surface area contributed by atoms with Crippen molar-refractivity contribution in [2.75, 3.05) is 5.32 Å². The molecule has 18 heavy (non-hydrogen) atoms. The Labute approximate surface area is 111 Å². The molecule has 1 N–H and O–H groups in total. The van der Waals surface area contributed by atoms with Gasteiger partial charge < -0.3 is 5.32 Å². The second-order valence-corrected chi connectivity index (χ2v) is 4.44. The maximum atomic E-state index is 10.7. The second-order valence-electron chi connectivity index (χ2n) is 4.03. The zero-order chi connectivity index (χ0) is 13.7. The van der Waals surface area contributed by atoms with E-state index in [2.05, 4.69) is 11.2 Å². The normalized spacial score (nSPS) is 11.7. The lowest BCUT2D eigenvalue weighted by Crippen LogP contribution is -2.18. The molecule has 0 saturated carbocycles. The number of hydrogen-bond donors (Lipinski definition) is 1. The van der Waals surface area contributed by atoms with Gasteiger partial charge in [0.25, 0.3) is 5.69 Å². The number of nitro groups is 1. The first kappa shape index (κ1) is 14.3. The molecule has 96 valence electrons. The topological polar surface area (TPSA) is 55.2 Å². The van der Waals surface area contributed by atoms with Crippen LogP contribution in [-0.2, 0) is 0 Å². The molecule has 0 aliphatic heterocycles. The van der Waals surface area contributed by atoms with Gasteiger partial charge in [-0.25, -0.2) is 0 Å². The number of aryl methyl sites for hydroxylation is 1. The SMILES string of the molecule is C#CCC(CC)Nc1cc(Cl)c([N+](=O)[O-])cc1C. The van der Waals surface area contributed by atoms with Crippen LogP contribution in [0, 0.1) is 29.4 Å². The lowest BCUT2D eigenvalue weighted by atomic mass is 10.1. The van der Waals surface area contributed by atoms with E-state index in [9.17, 15) is 10.1 Å². The summed E-state index contributed by atoms with van der Waals surface area (Å²) in [6, 6.07) is 3.19. The van der Waals surface area contributed by atoms with Crippen molar-refractivity contribution in [1.29, 1.82) is 0 Å². The summed E-state index contributed by atoms with van der Waals surface area (Å²) in [6.45, 7) is 3.82. The highest BCUT2D eigenvalue weighted by molar-refractivity contribution is 6.33. The lowest BCUT2D eigenvalue weighted by molar-refractivity contribution is -0.384. The molecule has 0 bridgehead atoms. The van der Waals surface area contributed by atoms with Crippen molar-refractivity contribution in [1.82, 2.24) is 0 Å². The van der Waals surface area contributed by atoms with Crippen molar-refractivity contribution >= 4 is 23.0 Å². The number of hydrogen-bond acceptors (Lipinski definition) is 3. The zero-order valence-electron chi connectivity index (χ0n) is 10.4. The van der Waals surface area contributed by atoms with E-state index in [1.165, 1.54) is 6.07 Å². The summed E-state index contributed by atoms with van der Waals surface area (Å²) < 4.78 is 0. The van der Waals surface area contributed by atoms with E-state index in [0.717, 1.165) is 17.7 Å². The highest BCUT2D eigenvalue weighted by atomic mass is 35.5. The summed E-state index contributed by atoms with van der Waals surface area (Å²) in [7, 11) is 0. The molecule has 0 spiro atoms. The molecule has 0 heterocycles. The Bertz CT molecular complexity index is 494. The third-order valence-electron chi connectivity index (χ3n) is 2.71. The summed E-state index contributed by atoms with van der Waals surface area (Å²) in [4.78, 5) is 10.3. The molecule has 1 unspecified atom stereocenters. The maximum Gasteiger partial charge on any atom is 0.288 e. The van der Waals surface area contributed by atoms with Gasteiger partial charge in [-0.1, -0.05) is 18.5 Å². The molecule has 0 amide bonds. The Balaban J connectivity index is 3.01. The first-order chi connectivity index (χ1) is 8.49. The van der Waals surface area contributed by atoms with Crippen LogP contribution < -0.4 is 5.32 Å². The first-order valence-corrected chi connectivity index (χ1v) is 6.01. The number of nitro benzene ring substituents is 1. The fraction of sp³-hybridized carbons (Fsp3) is 0.385. The van der Waals surface area contributed by atoms with Crippen molar-refractivity contribution in [2.24, 2.45) is 0 Å². The monoisotopic (exact) mass is 266 g/mol. The predicted octanol–water partition coefficient (Wildman–Crippen LogP) is 3.77. The molecule has 1 aromatic rings. The summed E-state index contributed by atoms with van der Waals surface area (Å²) in [5, 5.41) is 14.1. The van der Waals surface area contributed by atoms with Gasteiger partial charge in [0, 0.05) is 24.2 Å². The Kier molecular flexibility index (Phi) is 4.99. The average molecular weight is 267 g/mol. The minimum Gasteiger partial charge on any atom is -0.381 e. The quantitative estimate of drug-likeness (QED) is 0.501. The third kappa shape index (κ3) is 3.38. The minimum atomic E-state index is -0.488. The van der Waals surface area contributed by atoms with E-state index in [1.54, 1.807) is 13.0 Å². The number of nitrogens with zero attached hydrogens (tertiary/aromatic N) is 1. The molecule has 0 fully saturated rings. The molecular weight excluding hydrogens is 252 g/mol. The van der Waals surface area contributed by atoms with Crippen LogP contribution in [0.15, 0.2) is 12.1 Å². The zero-order valence-corrected chi connectivity index (χ0v) is 11.1. The van der Waals surface area contributed by atoms with Crippen LogP contribution in [-0.4, -0.2) is 11.0 Å². The summed E-state index contributed by atoms with van der Waals surface area (Å²) in [6.07, 6.45) is 6.76. The molecule has 0 aliphatic carbocycles. The van der Waals surface area contributed by atoms with Crippen LogP contribution in [0.3, 0.4) is 0 Å². The summed E-state index contributed by atoms with van der Waals surface area (Å²) in [5.41, 5.74) is 1.49. The van der Waals surface area contributed by atoms with E-state index in [-0.39, 0.29) is 16.8 Å². The van der Waals surface area contributed by atoms with Crippen LogP contribution >= 0.6 is 11.6 Å². The molecule has 0 saturated heterocycles. The van der Waals surface area contributed by atoms with Gasteiger partial charge in [0.05, 0.1) is 4.92 Å². The Morgan fingerprint density at radius 2 is 2.28 bits per heavy atom. The minimum absolute atomic E-state index is 0.0790. The average Bonchev–Trinajstić information content (AvgIpc) is 2.32. The first-order valence-electron chi connectivity index (χ1n) is 5.64. The van der Waals surface area contributed by atoms with Crippen LogP contribution in [0.25, 0.3) is 0 Å². The number of benzene rings is 1. The molecule has 0 aliphatic rings. The van der Waals surface area contributed by atoms with E-state index in [0.29, 0.717) is 6.42 Å². The van der Waals surface area contributed by atoms with Crippen molar-refractivity contribution in [3.8, 4) is 12.3 Å². The Morgan fingerprint density at radius 1 is 1.61 bits per heavy atom. The van der Waals surface area contributed by atoms with Crippen LogP contribution in [0.2, 0.25) is 5.02 Å². The molecule has 1 atom stereocenters. The Hall–Kier alpha value is -1.73. The lowest BCUT2D eigenvalue weighted by Gasteiger charge is -2.17. The van der Waals surface area contributed by atoms with Gasteiger partial charge in [-0.3, -0.25) is 10.1 Å². The van der Waals surface area contributed by atoms with Gasteiger partial charge in [0.2, 0.25) is 0 Å². The van der Waals surface area contributed by atoms with E-state index in [4.69, 9.17) is 18.0 Å². The highest BCUT2D eigenvalue weighted by Crippen LogP contribution is 2.31. The molecule has 4 nitrogen and oxygen atoms in total. The van der Waals surface area contributed by atoms with Crippen molar-refractivity contribution < 1.29 is 4.92 Å². The van der Waals surface area contributed by atoms with Gasteiger partial charge >= 0.3 is 0 Å². The smallest absolute Gasteiger partial charge is 0.288 e. The summed E-state index contributed by atoms with van der Waals surface area (Å²) >= 11 is 5.88. The Morgan fingerprint density at radius 3 is 2.78 bits per heavy atom. The number of terminal acetylenes is 1. The van der Waals surface area contributed by atoms with Crippen molar-refractivity contribution in [3.05, 3.63) is 32.8 Å². The third-order valence-corrected chi connectivity index (χ3v) is 3.01. The van der Waals surface area contributed by atoms with Crippen LogP contribution in [0.5, 0.6) is 0 Å².